The second-order valence-corrected chi connectivity index (χ2v) is 3.22. The van der Waals surface area contributed by atoms with Crippen molar-refractivity contribution < 1.29 is 22.6 Å². The number of alkyl halides is 3. The molecular formula is C10H12F3NO2. The van der Waals surface area contributed by atoms with Crippen LogP contribution < -0.4 is 4.74 Å². The highest BCUT2D eigenvalue weighted by Crippen LogP contribution is 2.24. The Kier molecular flexibility index (Phi) is 4.12. The molecule has 1 aromatic rings. The Hall–Kier alpha value is -1.30. The largest absolute Gasteiger partial charge is 0.462 e. The van der Waals surface area contributed by atoms with Gasteiger partial charge in [-0.15, -0.1) is 0 Å². The first kappa shape index (κ1) is 12.8. The van der Waals surface area contributed by atoms with E-state index in [1.165, 1.54) is 13.2 Å². The van der Waals surface area contributed by atoms with Gasteiger partial charge in [0.25, 0.3) is 0 Å². The maximum atomic E-state index is 12.5. The highest BCUT2D eigenvalue weighted by molar-refractivity contribution is 5.15. The van der Waals surface area contributed by atoms with Crippen molar-refractivity contribution in [2.75, 3.05) is 13.7 Å². The molecule has 6 heteroatoms. The molecule has 0 aliphatic rings. The summed E-state index contributed by atoms with van der Waals surface area (Å²) >= 11 is 0. The van der Waals surface area contributed by atoms with Gasteiger partial charge in [-0.1, -0.05) is 6.07 Å². The second kappa shape index (κ2) is 5.16. The van der Waals surface area contributed by atoms with Crippen LogP contribution in [0.2, 0.25) is 0 Å². The average Bonchev–Trinajstić information content (AvgIpc) is 2.16. The number of rotatable bonds is 4. The minimum atomic E-state index is -4.47. The van der Waals surface area contributed by atoms with E-state index >= 15 is 0 Å². The number of methoxy groups -OCH3 is 1. The smallest absolute Gasteiger partial charge is 0.427 e. The van der Waals surface area contributed by atoms with Gasteiger partial charge in [0.2, 0.25) is 12.0 Å². The molecule has 0 aromatic carbocycles. The van der Waals surface area contributed by atoms with Gasteiger partial charge in [-0.2, -0.15) is 13.2 Å². The van der Waals surface area contributed by atoms with Crippen molar-refractivity contribution in [2.45, 2.75) is 19.2 Å². The van der Waals surface area contributed by atoms with E-state index in [0.717, 1.165) is 0 Å². The fourth-order valence-electron chi connectivity index (χ4n) is 1.08. The molecule has 0 saturated carbocycles. The molecular weight excluding hydrogens is 223 g/mol. The molecule has 1 atom stereocenters. The first-order chi connectivity index (χ1) is 7.43. The van der Waals surface area contributed by atoms with Crippen molar-refractivity contribution in [3.05, 3.63) is 23.9 Å². The lowest BCUT2D eigenvalue weighted by molar-refractivity contribution is -0.207. The number of hydrogen-bond acceptors (Lipinski definition) is 3. The van der Waals surface area contributed by atoms with Crippen LogP contribution in [0.1, 0.15) is 5.69 Å². The third-order valence-corrected chi connectivity index (χ3v) is 1.81. The molecule has 0 N–H and O–H groups in total. The van der Waals surface area contributed by atoms with Gasteiger partial charge in [0.15, 0.2) is 0 Å². The summed E-state index contributed by atoms with van der Waals surface area (Å²) in [6, 6.07) is 4.63. The van der Waals surface area contributed by atoms with Crippen molar-refractivity contribution in [1.29, 1.82) is 0 Å². The Bertz CT molecular complexity index is 341. The molecule has 0 unspecified atom stereocenters. The molecule has 1 rings (SSSR count). The van der Waals surface area contributed by atoms with Gasteiger partial charge >= 0.3 is 6.18 Å². The monoisotopic (exact) mass is 235 g/mol. The van der Waals surface area contributed by atoms with Crippen LogP contribution in [0.15, 0.2) is 18.2 Å². The van der Waals surface area contributed by atoms with Crippen molar-refractivity contribution >= 4 is 0 Å². The van der Waals surface area contributed by atoms with Gasteiger partial charge in [0.05, 0.1) is 6.61 Å². The first-order valence-corrected chi connectivity index (χ1v) is 4.59. The third-order valence-electron chi connectivity index (χ3n) is 1.81. The van der Waals surface area contributed by atoms with Crippen molar-refractivity contribution in [1.82, 2.24) is 4.98 Å². The predicted molar refractivity (Wildman–Crippen MR) is 51.3 cm³/mol. The van der Waals surface area contributed by atoms with Crippen LogP contribution in [0.3, 0.4) is 0 Å². The topological polar surface area (TPSA) is 31.4 Å². The summed E-state index contributed by atoms with van der Waals surface area (Å²) in [4.78, 5) is 3.83. The lowest BCUT2D eigenvalue weighted by atomic mass is 10.3. The summed E-state index contributed by atoms with van der Waals surface area (Å²) in [7, 11) is 1.19. The molecule has 1 heterocycles. The van der Waals surface area contributed by atoms with Crippen LogP contribution in [-0.2, 0) is 4.74 Å². The van der Waals surface area contributed by atoms with Gasteiger partial charge < -0.3 is 9.47 Å². The molecule has 0 aliphatic heterocycles. The normalized spacial score (nSPS) is 13.6. The maximum absolute atomic E-state index is 12.5. The minimum absolute atomic E-state index is 0.0561. The van der Waals surface area contributed by atoms with Gasteiger partial charge in [-0.3, -0.25) is 0 Å². The highest BCUT2D eigenvalue weighted by Gasteiger charge is 2.42. The quantitative estimate of drug-likeness (QED) is 0.802. The van der Waals surface area contributed by atoms with Crippen LogP contribution >= 0.6 is 0 Å². The number of halogens is 3. The van der Waals surface area contributed by atoms with Gasteiger partial charge in [0.1, 0.15) is 0 Å². The number of aromatic nitrogens is 1. The van der Waals surface area contributed by atoms with Crippen molar-refractivity contribution in [2.24, 2.45) is 0 Å². The number of ether oxygens (including phenoxy) is 2. The van der Waals surface area contributed by atoms with Crippen molar-refractivity contribution in [3.8, 4) is 5.88 Å². The predicted octanol–water partition coefficient (Wildman–Crippen LogP) is 2.35. The van der Waals surface area contributed by atoms with E-state index in [1.54, 1.807) is 19.1 Å². The SMILES string of the molecule is COC[C@@H](Oc1cccc(C)n1)C(F)(F)F. The molecule has 0 aliphatic carbocycles. The van der Waals surface area contributed by atoms with E-state index in [4.69, 9.17) is 4.74 Å². The molecule has 0 bridgehead atoms. The first-order valence-electron chi connectivity index (χ1n) is 4.59. The average molecular weight is 235 g/mol. The van der Waals surface area contributed by atoms with E-state index in [0.29, 0.717) is 5.69 Å². The van der Waals surface area contributed by atoms with E-state index in [9.17, 15) is 13.2 Å². The maximum Gasteiger partial charge on any atom is 0.427 e. The minimum Gasteiger partial charge on any atom is -0.462 e. The van der Waals surface area contributed by atoms with Gasteiger partial charge in [0, 0.05) is 18.9 Å². The van der Waals surface area contributed by atoms with E-state index in [2.05, 4.69) is 9.72 Å². The van der Waals surface area contributed by atoms with Crippen LogP contribution in [0.4, 0.5) is 13.2 Å². The molecule has 0 amide bonds. The number of nitrogens with zero attached hydrogens (tertiary/aromatic N) is 1. The Morgan fingerprint density at radius 1 is 1.38 bits per heavy atom. The summed E-state index contributed by atoms with van der Waals surface area (Å²) < 4.78 is 46.6. The molecule has 1 aromatic heterocycles. The Morgan fingerprint density at radius 3 is 2.56 bits per heavy atom. The Labute approximate surface area is 91.2 Å². The molecule has 0 radical (unpaired) electrons. The third kappa shape index (κ3) is 3.69. The fraction of sp³-hybridized carbons (Fsp3) is 0.500. The highest BCUT2D eigenvalue weighted by atomic mass is 19.4. The van der Waals surface area contributed by atoms with Gasteiger partial charge in [-0.05, 0) is 13.0 Å². The zero-order chi connectivity index (χ0) is 12.2. The van der Waals surface area contributed by atoms with Crippen LogP contribution in [0.25, 0.3) is 0 Å². The molecule has 0 fully saturated rings. The fourth-order valence-corrected chi connectivity index (χ4v) is 1.08. The van der Waals surface area contributed by atoms with E-state index in [-0.39, 0.29) is 5.88 Å². The van der Waals surface area contributed by atoms with Crippen molar-refractivity contribution in [3.63, 3.8) is 0 Å². The van der Waals surface area contributed by atoms with Crippen LogP contribution in [0, 0.1) is 6.92 Å². The van der Waals surface area contributed by atoms with Crippen LogP contribution in [0.5, 0.6) is 5.88 Å². The number of aryl methyl sites for hydroxylation is 1. The molecule has 90 valence electrons. The lowest BCUT2D eigenvalue weighted by Gasteiger charge is -2.20. The Balaban J connectivity index is 2.76. The zero-order valence-electron chi connectivity index (χ0n) is 8.91. The van der Waals surface area contributed by atoms with E-state index < -0.39 is 18.9 Å². The zero-order valence-corrected chi connectivity index (χ0v) is 8.91. The molecule has 16 heavy (non-hydrogen) atoms. The molecule has 0 spiro atoms. The molecule has 3 nitrogen and oxygen atoms in total. The second-order valence-electron chi connectivity index (χ2n) is 3.22. The molecule has 0 saturated heterocycles. The Morgan fingerprint density at radius 2 is 2.06 bits per heavy atom. The van der Waals surface area contributed by atoms with Crippen LogP contribution in [-0.4, -0.2) is 31.0 Å². The summed E-state index contributed by atoms with van der Waals surface area (Å²) in [5, 5.41) is 0. The number of pyridine rings is 1. The summed E-state index contributed by atoms with van der Waals surface area (Å²) in [6.07, 6.45) is -6.46. The van der Waals surface area contributed by atoms with Gasteiger partial charge in [-0.25, -0.2) is 4.98 Å². The summed E-state index contributed by atoms with van der Waals surface area (Å²) in [5.74, 6) is -0.0561. The number of hydrogen-bond donors (Lipinski definition) is 0. The van der Waals surface area contributed by atoms with E-state index in [1.807, 2.05) is 0 Å². The summed E-state index contributed by atoms with van der Waals surface area (Å²) in [5.41, 5.74) is 0.593. The standard InChI is InChI=1S/C10H12F3NO2/c1-7-4-3-5-9(14-7)16-8(6-15-2)10(11,12)13/h3-5,8H,6H2,1-2H3/t8-/m1/s1. The summed E-state index contributed by atoms with van der Waals surface area (Å²) in [6.45, 7) is 1.12. The lowest BCUT2D eigenvalue weighted by Crippen LogP contribution is -2.38.